The van der Waals surface area contributed by atoms with Crippen molar-refractivity contribution in [2.75, 3.05) is 6.54 Å². The zero-order valence-corrected chi connectivity index (χ0v) is 12.8. The van der Waals surface area contributed by atoms with E-state index in [0.717, 1.165) is 12.6 Å². The first-order valence-corrected chi connectivity index (χ1v) is 7.89. The summed E-state index contributed by atoms with van der Waals surface area (Å²) in [6.07, 6.45) is 2.67. The number of rotatable bonds is 4. The predicted molar refractivity (Wildman–Crippen MR) is 88.9 cm³/mol. The molecule has 0 aromatic heterocycles. The lowest BCUT2D eigenvalue weighted by molar-refractivity contribution is 0.260. The fourth-order valence-corrected chi connectivity index (χ4v) is 3.23. The summed E-state index contributed by atoms with van der Waals surface area (Å²) in [5.74, 6) is 0. The molecule has 1 unspecified atom stereocenters. The summed E-state index contributed by atoms with van der Waals surface area (Å²) in [5.41, 5.74) is 11.0. The standard InChI is InChI=1S/C19H24N2/c1-15-5-4-12-21(15)14-16-8-10-17(11-9-16)19-7-3-2-6-18(19)13-20/h2-3,6-11,15H,4-5,12-14,20H2,1H3. The summed E-state index contributed by atoms with van der Waals surface area (Å²) in [6.45, 7) is 5.22. The molecule has 1 aliphatic heterocycles. The summed E-state index contributed by atoms with van der Waals surface area (Å²) in [6, 6.07) is 18.1. The van der Waals surface area contributed by atoms with E-state index >= 15 is 0 Å². The second-order valence-corrected chi connectivity index (χ2v) is 6.02. The summed E-state index contributed by atoms with van der Waals surface area (Å²) in [4.78, 5) is 2.57. The molecule has 0 aliphatic carbocycles. The van der Waals surface area contributed by atoms with Gasteiger partial charge in [-0.25, -0.2) is 0 Å². The molecule has 0 amide bonds. The minimum atomic E-state index is 0.587. The third kappa shape index (κ3) is 3.17. The van der Waals surface area contributed by atoms with Crippen LogP contribution in [0.15, 0.2) is 48.5 Å². The molecule has 110 valence electrons. The highest BCUT2D eigenvalue weighted by Gasteiger charge is 2.19. The Bertz CT molecular complexity index is 589. The van der Waals surface area contributed by atoms with Gasteiger partial charge in [-0.05, 0) is 48.6 Å². The third-order valence-corrected chi connectivity index (χ3v) is 4.58. The Labute approximate surface area is 127 Å². The van der Waals surface area contributed by atoms with Crippen molar-refractivity contribution in [3.8, 4) is 11.1 Å². The number of nitrogens with two attached hydrogens (primary N) is 1. The van der Waals surface area contributed by atoms with Crippen LogP contribution in [0.1, 0.15) is 30.9 Å². The van der Waals surface area contributed by atoms with Crippen molar-refractivity contribution in [3.63, 3.8) is 0 Å². The van der Waals surface area contributed by atoms with Crippen molar-refractivity contribution in [2.45, 2.75) is 38.9 Å². The Balaban J connectivity index is 1.77. The van der Waals surface area contributed by atoms with Gasteiger partial charge in [0, 0.05) is 19.1 Å². The molecule has 2 aromatic rings. The number of hydrogen-bond donors (Lipinski definition) is 1. The first-order valence-electron chi connectivity index (χ1n) is 7.89. The fourth-order valence-electron chi connectivity index (χ4n) is 3.23. The van der Waals surface area contributed by atoms with Crippen molar-refractivity contribution in [1.82, 2.24) is 4.90 Å². The van der Waals surface area contributed by atoms with Gasteiger partial charge in [-0.2, -0.15) is 0 Å². The van der Waals surface area contributed by atoms with E-state index in [4.69, 9.17) is 5.73 Å². The van der Waals surface area contributed by atoms with Crippen LogP contribution in [0.25, 0.3) is 11.1 Å². The quantitative estimate of drug-likeness (QED) is 0.923. The van der Waals surface area contributed by atoms with Gasteiger partial charge in [-0.1, -0.05) is 48.5 Å². The Morgan fingerprint density at radius 2 is 1.86 bits per heavy atom. The van der Waals surface area contributed by atoms with Gasteiger partial charge < -0.3 is 5.73 Å². The van der Waals surface area contributed by atoms with Crippen LogP contribution in [-0.2, 0) is 13.1 Å². The van der Waals surface area contributed by atoms with Crippen molar-refractivity contribution >= 4 is 0 Å². The van der Waals surface area contributed by atoms with E-state index in [9.17, 15) is 0 Å². The molecule has 1 heterocycles. The maximum Gasteiger partial charge on any atom is 0.0236 e. The van der Waals surface area contributed by atoms with Gasteiger partial charge in [-0.15, -0.1) is 0 Å². The van der Waals surface area contributed by atoms with Crippen LogP contribution in [0.2, 0.25) is 0 Å². The Morgan fingerprint density at radius 3 is 2.52 bits per heavy atom. The van der Waals surface area contributed by atoms with Gasteiger partial charge in [0.1, 0.15) is 0 Å². The highest BCUT2D eigenvalue weighted by molar-refractivity contribution is 5.67. The fraction of sp³-hybridized carbons (Fsp3) is 0.368. The van der Waals surface area contributed by atoms with Crippen LogP contribution >= 0.6 is 0 Å². The highest BCUT2D eigenvalue weighted by Crippen LogP contribution is 2.25. The van der Waals surface area contributed by atoms with E-state index in [1.54, 1.807) is 0 Å². The number of hydrogen-bond acceptors (Lipinski definition) is 2. The molecule has 1 aliphatic rings. The van der Waals surface area contributed by atoms with Crippen LogP contribution in [0.3, 0.4) is 0 Å². The molecule has 1 saturated heterocycles. The van der Waals surface area contributed by atoms with Crippen LogP contribution in [-0.4, -0.2) is 17.5 Å². The minimum Gasteiger partial charge on any atom is -0.326 e. The normalized spacial score (nSPS) is 19.0. The lowest BCUT2D eigenvalue weighted by atomic mass is 9.98. The van der Waals surface area contributed by atoms with E-state index in [0.29, 0.717) is 6.54 Å². The summed E-state index contributed by atoms with van der Waals surface area (Å²) < 4.78 is 0. The Morgan fingerprint density at radius 1 is 1.10 bits per heavy atom. The molecule has 2 heteroatoms. The van der Waals surface area contributed by atoms with E-state index < -0.39 is 0 Å². The van der Waals surface area contributed by atoms with Gasteiger partial charge in [0.15, 0.2) is 0 Å². The molecule has 2 N–H and O–H groups in total. The molecule has 3 rings (SSSR count). The maximum atomic E-state index is 5.84. The second-order valence-electron chi connectivity index (χ2n) is 6.02. The number of nitrogens with zero attached hydrogens (tertiary/aromatic N) is 1. The Hall–Kier alpha value is -1.64. The zero-order chi connectivity index (χ0) is 14.7. The first-order chi connectivity index (χ1) is 10.3. The molecule has 0 bridgehead atoms. The van der Waals surface area contributed by atoms with Gasteiger partial charge in [-0.3, -0.25) is 4.90 Å². The second kappa shape index (κ2) is 6.42. The molecule has 2 aromatic carbocycles. The van der Waals surface area contributed by atoms with Gasteiger partial charge in [0.2, 0.25) is 0 Å². The third-order valence-electron chi connectivity index (χ3n) is 4.58. The van der Waals surface area contributed by atoms with Crippen molar-refractivity contribution in [3.05, 3.63) is 59.7 Å². The van der Waals surface area contributed by atoms with Gasteiger partial charge in [0.05, 0.1) is 0 Å². The van der Waals surface area contributed by atoms with Crippen molar-refractivity contribution < 1.29 is 0 Å². The number of likely N-dealkylation sites (tertiary alicyclic amines) is 1. The lowest BCUT2D eigenvalue weighted by Gasteiger charge is -2.21. The molecule has 2 nitrogen and oxygen atoms in total. The zero-order valence-electron chi connectivity index (χ0n) is 12.8. The van der Waals surface area contributed by atoms with Crippen LogP contribution < -0.4 is 5.73 Å². The van der Waals surface area contributed by atoms with Crippen LogP contribution in [0, 0.1) is 0 Å². The maximum absolute atomic E-state index is 5.84. The van der Waals surface area contributed by atoms with Gasteiger partial charge in [0.25, 0.3) is 0 Å². The molecule has 0 radical (unpaired) electrons. The average molecular weight is 280 g/mol. The largest absolute Gasteiger partial charge is 0.326 e. The summed E-state index contributed by atoms with van der Waals surface area (Å²) in [5, 5.41) is 0. The van der Waals surface area contributed by atoms with Gasteiger partial charge >= 0.3 is 0 Å². The highest BCUT2D eigenvalue weighted by atomic mass is 15.2. The SMILES string of the molecule is CC1CCCN1Cc1ccc(-c2ccccc2CN)cc1. The summed E-state index contributed by atoms with van der Waals surface area (Å²) >= 11 is 0. The smallest absolute Gasteiger partial charge is 0.0236 e. The predicted octanol–water partition coefficient (Wildman–Crippen LogP) is 3.80. The van der Waals surface area contributed by atoms with E-state index in [1.807, 2.05) is 0 Å². The van der Waals surface area contributed by atoms with E-state index in [2.05, 4.69) is 60.4 Å². The van der Waals surface area contributed by atoms with E-state index in [-0.39, 0.29) is 0 Å². The first kappa shape index (κ1) is 14.3. The lowest BCUT2D eigenvalue weighted by Crippen LogP contribution is -2.26. The van der Waals surface area contributed by atoms with Crippen molar-refractivity contribution in [1.29, 1.82) is 0 Å². The van der Waals surface area contributed by atoms with Crippen LogP contribution in [0.4, 0.5) is 0 Å². The Kier molecular flexibility index (Phi) is 4.37. The molecular formula is C19H24N2. The molecule has 1 fully saturated rings. The van der Waals surface area contributed by atoms with Crippen molar-refractivity contribution in [2.24, 2.45) is 5.73 Å². The average Bonchev–Trinajstić information content (AvgIpc) is 2.93. The summed E-state index contributed by atoms with van der Waals surface area (Å²) in [7, 11) is 0. The monoisotopic (exact) mass is 280 g/mol. The molecule has 0 saturated carbocycles. The molecule has 1 atom stereocenters. The molecule has 0 spiro atoms. The minimum absolute atomic E-state index is 0.587. The molecule has 21 heavy (non-hydrogen) atoms. The van der Waals surface area contributed by atoms with E-state index in [1.165, 1.54) is 41.6 Å². The number of benzene rings is 2. The molecular weight excluding hydrogens is 256 g/mol. The van der Waals surface area contributed by atoms with Crippen LogP contribution in [0.5, 0.6) is 0 Å². The topological polar surface area (TPSA) is 29.3 Å².